The Labute approximate surface area is 140 Å². The van der Waals surface area contributed by atoms with Gasteiger partial charge in [-0.2, -0.15) is 0 Å². The molecule has 0 fully saturated rings. The zero-order chi connectivity index (χ0) is 17.5. The van der Waals surface area contributed by atoms with Gasteiger partial charge in [0.1, 0.15) is 11.6 Å². The lowest BCUT2D eigenvalue weighted by molar-refractivity contribution is 0.175. The Balaban J connectivity index is 2.00. The molecule has 0 aliphatic heterocycles. The molecule has 3 rings (SSSR count). The lowest BCUT2D eigenvalue weighted by Gasteiger charge is -2.27. The van der Waals surface area contributed by atoms with Crippen molar-refractivity contribution in [2.24, 2.45) is 5.41 Å². The largest absolute Gasteiger partial charge is 0.497 e. The lowest BCUT2D eigenvalue weighted by atomic mass is 9.85. The summed E-state index contributed by atoms with van der Waals surface area (Å²) >= 11 is 0. The summed E-state index contributed by atoms with van der Waals surface area (Å²) < 4.78 is 19.3. The van der Waals surface area contributed by atoms with E-state index in [0.29, 0.717) is 11.3 Å². The van der Waals surface area contributed by atoms with E-state index in [1.54, 1.807) is 12.1 Å². The molecule has 2 aromatic carbocycles. The van der Waals surface area contributed by atoms with Crippen LogP contribution in [0.1, 0.15) is 31.0 Å². The van der Waals surface area contributed by atoms with E-state index in [9.17, 15) is 9.18 Å². The first-order valence-electron chi connectivity index (χ1n) is 7.78. The molecule has 2 N–H and O–H groups in total. The van der Waals surface area contributed by atoms with Crippen molar-refractivity contribution >= 4 is 6.09 Å². The Morgan fingerprint density at radius 2 is 2.04 bits per heavy atom. The third-order valence-electron chi connectivity index (χ3n) is 4.64. The molecule has 4 nitrogen and oxygen atoms in total. The van der Waals surface area contributed by atoms with Crippen LogP contribution in [0.5, 0.6) is 5.75 Å². The van der Waals surface area contributed by atoms with Crippen LogP contribution in [0.15, 0.2) is 36.4 Å². The van der Waals surface area contributed by atoms with Gasteiger partial charge in [-0.3, -0.25) is 0 Å². The van der Waals surface area contributed by atoms with Crippen LogP contribution in [0.3, 0.4) is 0 Å². The fourth-order valence-electron chi connectivity index (χ4n) is 3.48. The monoisotopic (exact) mass is 329 g/mol. The van der Waals surface area contributed by atoms with Crippen molar-refractivity contribution in [1.29, 1.82) is 0 Å². The maximum atomic E-state index is 14.3. The predicted molar refractivity (Wildman–Crippen MR) is 89.8 cm³/mol. The average molecular weight is 329 g/mol. The van der Waals surface area contributed by atoms with Crippen LogP contribution in [-0.2, 0) is 6.42 Å². The van der Waals surface area contributed by atoms with E-state index < -0.39 is 6.09 Å². The molecular formula is C19H20FNO3. The van der Waals surface area contributed by atoms with Crippen molar-refractivity contribution in [3.05, 3.63) is 53.3 Å². The Hall–Kier alpha value is -2.56. The molecule has 1 amide bonds. The quantitative estimate of drug-likeness (QED) is 0.878. The van der Waals surface area contributed by atoms with Gasteiger partial charge in [-0.1, -0.05) is 32.0 Å². The average Bonchev–Trinajstić information content (AvgIpc) is 2.76. The lowest BCUT2D eigenvalue weighted by Crippen LogP contribution is -2.34. The summed E-state index contributed by atoms with van der Waals surface area (Å²) in [6.07, 6.45) is -0.301. The minimum Gasteiger partial charge on any atom is -0.497 e. The number of halogens is 1. The Bertz CT molecular complexity index is 801. The topological polar surface area (TPSA) is 58.6 Å². The Morgan fingerprint density at radius 3 is 2.67 bits per heavy atom. The maximum absolute atomic E-state index is 14.3. The van der Waals surface area contributed by atoms with Crippen molar-refractivity contribution in [2.75, 3.05) is 7.11 Å². The number of carboxylic acid groups (broad SMARTS) is 1. The molecule has 2 aromatic rings. The van der Waals surface area contributed by atoms with E-state index in [0.717, 1.165) is 23.1 Å². The number of hydrogen-bond donors (Lipinski definition) is 2. The normalized spacial score (nSPS) is 18.1. The minimum atomic E-state index is -1.04. The molecule has 1 atom stereocenters. The minimum absolute atomic E-state index is 0.224. The molecule has 126 valence electrons. The summed E-state index contributed by atoms with van der Waals surface area (Å²) in [6.45, 7) is 4.06. The molecule has 0 aromatic heterocycles. The summed E-state index contributed by atoms with van der Waals surface area (Å²) in [4.78, 5) is 11.1. The van der Waals surface area contributed by atoms with Crippen LogP contribution >= 0.6 is 0 Å². The van der Waals surface area contributed by atoms with Crippen molar-refractivity contribution < 1.29 is 19.0 Å². The van der Waals surface area contributed by atoms with Crippen LogP contribution in [-0.4, -0.2) is 18.3 Å². The highest BCUT2D eigenvalue weighted by Crippen LogP contribution is 2.46. The zero-order valence-corrected chi connectivity index (χ0v) is 13.9. The van der Waals surface area contributed by atoms with Gasteiger partial charge in [0.05, 0.1) is 13.2 Å². The number of amides is 1. The second kappa shape index (κ2) is 5.82. The fraction of sp³-hybridized carbons (Fsp3) is 0.316. The van der Waals surface area contributed by atoms with Crippen LogP contribution in [0.2, 0.25) is 0 Å². The molecule has 0 unspecified atom stereocenters. The number of carbonyl (C=O) groups is 1. The molecule has 0 bridgehead atoms. The Morgan fingerprint density at radius 1 is 1.29 bits per heavy atom. The van der Waals surface area contributed by atoms with E-state index in [1.807, 2.05) is 32.0 Å². The molecule has 0 spiro atoms. The van der Waals surface area contributed by atoms with Crippen molar-refractivity contribution in [3.63, 3.8) is 0 Å². The number of methoxy groups -OCH3 is 1. The van der Waals surface area contributed by atoms with Gasteiger partial charge in [-0.05, 0) is 40.7 Å². The second-order valence-corrected chi connectivity index (χ2v) is 6.81. The first kappa shape index (κ1) is 16.3. The first-order chi connectivity index (χ1) is 11.3. The zero-order valence-electron chi connectivity index (χ0n) is 13.9. The van der Waals surface area contributed by atoms with Crippen molar-refractivity contribution in [1.82, 2.24) is 5.32 Å². The number of nitrogens with one attached hydrogen (secondary N) is 1. The van der Waals surface area contributed by atoms with Gasteiger partial charge in [0.2, 0.25) is 0 Å². The molecule has 24 heavy (non-hydrogen) atoms. The SMILES string of the molecule is COc1ccc(-c2ccc3c(c2)CC(C)(C)[C@H]3NC(=O)O)c(F)c1. The molecule has 0 saturated carbocycles. The van der Waals surface area contributed by atoms with Gasteiger partial charge in [-0.25, -0.2) is 9.18 Å². The van der Waals surface area contributed by atoms with Gasteiger partial charge >= 0.3 is 6.09 Å². The highest BCUT2D eigenvalue weighted by Gasteiger charge is 2.40. The number of fused-ring (bicyclic) bond motifs is 1. The van der Waals surface area contributed by atoms with Crippen molar-refractivity contribution in [2.45, 2.75) is 26.3 Å². The molecule has 1 aliphatic carbocycles. The van der Waals surface area contributed by atoms with Gasteiger partial charge in [0.25, 0.3) is 0 Å². The molecule has 1 aliphatic rings. The standard InChI is InChI=1S/C19H20FNO3/c1-19(2)10-12-8-11(4-6-15(12)17(19)21-18(22)23)14-7-5-13(24-3)9-16(14)20/h4-9,17,21H,10H2,1-3H3,(H,22,23)/t17-/m0/s1. The van der Waals surface area contributed by atoms with E-state index in [1.165, 1.54) is 13.2 Å². The highest BCUT2D eigenvalue weighted by molar-refractivity contribution is 5.69. The van der Waals surface area contributed by atoms with Crippen LogP contribution < -0.4 is 10.1 Å². The molecule has 0 radical (unpaired) electrons. The van der Waals surface area contributed by atoms with Crippen molar-refractivity contribution in [3.8, 4) is 16.9 Å². The molecular weight excluding hydrogens is 309 g/mol. The molecule has 0 saturated heterocycles. The highest BCUT2D eigenvalue weighted by atomic mass is 19.1. The number of benzene rings is 2. The number of ether oxygens (including phenoxy) is 1. The summed E-state index contributed by atoms with van der Waals surface area (Å²) in [5, 5.41) is 11.7. The number of hydrogen-bond acceptors (Lipinski definition) is 2. The van der Waals surface area contributed by atoms with E-state index in [-0.39, 0.29) is 17.3 Å². The summed E-state index contributed by atoms with van der Waals surface area (Å²) in [7, 11) is 1.50. The maximum Gasteiger partial charge on any atom is 0.405 e. The van der Waals surface area contributed by atoms with E-state index in [2.05, 4.69) is 5.32 Å². The van der Waals surface area contributed by atoms with Gasteiger partial charge in [0, 0.05) is 11.6 Å². The van der Waals surface area contributed by atoms with E-state index in [4.69, 9.17) is 9.84 Å². The molecule has 0 heterocycles. The fourth-order valence-corrected chi connectivity index (χ4v) is 3.48. The van der Waals surface area contributed by atoms with Crippen LogP contribution in [0, 0.1) is 11.2 Å². The smallest absolute Gasteiger partial charge is 0.405 e. The van der Waals surface area contributed by atoms with Crippen LogP contribution in [0.25, 0.3) is 11.1 Å². The number of rotatable bonds is 3. The third-order valence-corrected chi connectivity index (χ3v) is 4.64. The second-order valence-electron chi connectivity index (χ2n) is 6.81. The van der Waals surface area contributed by atoms with E-state index >= 15 is 0 Å². The predicted octanol–water partition coefficient (Wildman–Crippen LogP) is 4.39. The summed E-state index contributed by atoms with van der Waals surface area (Å²) in [5.41, 5.74) is 3.07. The first-order valence-corrected chi connectivity index (χ1v) is 7.78. The van der Waals surface area contributed by atoms with Gasteiger partial charge < -0.3 is 15.2 Å². The summed E-state index contributed by atoms with van der Waals surface area (Å²) in [5.74, 6) is 0.135. The Kier molecular flexibility index (Phi) is 3.95. The van der Waals surface area contributed by atoms with Gasteiger partial charge in [0.15, 0.2) is 0 Å². The summed E-state index contributed by atoms with van der Waals surface area (Å²) in [6, 6.07) is 10.2. The third kappa shape index (κ3) is 2.82. The van der Waals surface area contributed by atoms with Gasteiger partial charge in [-0.15, -0.1) is 0 Å². The molecule has 5 heteroatoms. The van der Waals surface area contributed by atoms with Crippen LogP contribution in [0.4, 0.5) is 9.18 Å².